The maximum atomic E-state index is 11.0. The van der Waals surface area contributed by atoms with Gasteiger partial charge < -0.3 is 10.1 Å². The third-order valence-electron chi connectivity index (χ3n) is 2.72. The van der Waals surface area contributed by atoms with Crippen molar-refractivity contribution in [1.82, 2.24) is 9.97 Å². The molecule has 0 unspecified atom stereocenters. The van der Waals surface area contributed by atoms with Crippen LogP contribution in [0.1, 0.15) is 18.9 Å². The molecule has 1 aromatic heterocycles. The molecular formula is C14H16N4O3. The second-order valence-electron chi connectivity index (χ2n) is 4.50. The number of hydrogen-bond acceptors (Lipinski definition) is 6. The van der Waals surface area contributed by atoms with Crippen molar-refractivity contribution in [3.63, 3.8) is 0 Å². The van der Waals surface area contributed by atoms with Gasteiger partial charge in [-0.05, 0) is 25.0 Å². The molecule has 0 atom stereocenters. The molecule has 1 heterocycles. The van der Waals surface area contributed by atoms with Gasteiger partial charge >= 0.3 is 5.69 Å². The summed E-state index contributed by atoms with van der Waals surface area (Å²) >= 11 is 0. The van der Waals surface area contributed by atoms with E-state index in [2.05, 4.69) is 15.3 Å². The third-order valence-corrected chi connectivity index (χ3v) is 2.72. The van der Waals surface area contributed by atoms with E-state index in [0.717, 1.165) is 18.5 Å². The Bertz CT molecular complexity index is 646. The molecule has 1 N–H and O–H groups in total. The third kappa shape index (κ3) is 3.88. The molecule has 0 saturated heterocycles. The number of hydrogen-bond donors (Lipinski definition) is 1. The van der Waals surface area contributed by atoms with E-state index in [1.165, 1.54) is 12.4 Å². The summed E-state index contributed by atoms with van der Waals surface area (Å²) < 4.78 is 5.54. The van der Waals surface area contributed by atoms with Crippen LogP contribution in [-0.2, 0) is 0 Å². The molecule has 0 aliphatic carbocycles. The van der Waals surface area contributed by atoms with E-state index in [4.69, 9.17) is 4.74 Å². The summed E-state index contributed by atoms with van der Waals surface area (Å²) in [6.07, 6.45) is 2.32. The van der Waals surface area contributed by atoms with Gasteiger partial charge in [0, 0.05) is 18.7 Å². The summed E-state index contributed by atoms with van der Waals surface area (Å²) in [5.74, 6) is 1.05. The summed E-state index contributed by atoms with van der Waals surface area (Å²) in [5.41, 5.74) is 0.774. The molecule has 7 heteroatoms. The molecule has 2 aromatic rings. The van der Waals surface area contributed by atoms with Crippen LogP contribution < -0.4 is 10.1 Å². The number of nitrogens with zero attached hydrogens (tertiary/aromatic N) is 3. The molecule has 0 radical (unpaired) electrons. The van der Waals surface area contributed by atoms with E-state index in [1.54, 1.807) is 18.2 Å². The van der Waals surface area contributed by atoms with Crippen LogP contribution in [0.15, 0.2) is 30.6 Å². The zero-order valence-electron chi connectivity index (χ0n) is 11.9. The van der Waals surface area contributed by atoms with Crippen LogP contribution in [0.3, 0.4) is 0 Å². The lowest BCUT2D eigenvalue weighted by Crippen LogP contribution is -2.02. The van der Waals surface area contributed by atoms with Gasteiger partial charge in [-0.3, -0.25) is 10.1 Å². The summed E-state index contributed by atoms with van der Waals surface area (Å²) in [6.45, 7) is 4.66. The molecule has 21 heavy (non-hydrogen) atoms. The van der Waals surface area contributed by atoms with Gasteiger partial charge in [0.1, 0.15) is 12.1 Å². The van der Waals surface area contributed by atoms with Crippen LogP contribution in [0.25, 0.3) is 0 Å². The van der Waals surface area contributed by atoms with E-state index in [-0.39, 0.29) is 17.3 Å². The van der Waals surface area contributed by atoms with Gasteiger partial charge in [0.25, 0.3) is 0 Å². The number of nitro benzene ring substituents is 1. The van der Waals surface area contributed by atoms with Gasteiger partial charge in [0.05, 0.1) is 4.92 Å². The first-order valence-electron chi connectivity index (χ1n) is 6.59. The number of nitro groups is 1. The highest BCUT2D eigenvalue weighted by molar-refractivity contribution is 5.50. The van der Waals surface area contributed by atoms with Gasteiger partial charge in [-0.15, -0.1) is 0 Å². The highest BCUT2D eigenvalue weighted by Crippen LogP contribution is 2.31. The van der Waals surface area contributed by atoms with Gasteiger partial charge in [-0.2, -0.15) is 0 Å². The molecule has 2 rings (SSSR count). The fraction of sp³-hybridized carbons (Fsp3) is 0.286. The Balaban J connectivity index is 2.25. The van der Waals surface area contributed by atoms with E-state index >= 15 is 0 Å². The van der Waals surface area contributed by atoms with Crippen LogP contribution >= 0.6 is 0 Å². The molecule has 0 bridgehead atoms. The fourth-order valence-electron chi connectivity index (χ4n) is 1.71. The SMILES string of the molecule is CCCNc1cc(Oc2cc(C)ccc2[N+](=O)[O-])ncn1. The van der Waals surface area contributed by atoms with Crippen molar-refractivity contribution in [2.45, 2.75) is 20.3 Å². The van der Waals surface area contributed by atoms with E-state index in [0.29, 0.717) is 5.82 Å². The average Bonchev–Trinajstić information content (AvgIpc) is 2.45. The Morgan fingerprint density at radius 1 is 1.33 bits per heavy atom. The summed E-state index contributed by atoms with van der Waals surface area (Å²) in [4.78, 5) is 18.6. The summed E-state index contributed by atoms with van der Waals surface area (Å²) in [7, 11) is 0. The molecule has 0 amide bonds. The first-order chi connectivity index (χ1) is 10.1. The van der Waals surface area contributed by atoms with Crippen LogP contribution in [0, 0.1) is 17.0 Å². The summed E-state index contributed by atoms with van der Waals surface area (Å²) in [6, 6.07) is 6.31. The van der Waals surface area contributed by atoms with Crippen LogP contribution in [0.2, 0.25) is 0 Å². The quantitative estimate of drug-likeness (QED) is 0.647. The zero-order valence-corrected chi connectivity index (χ0v) is 11.9. The second-order valence-corrected chi connectivity index (χ2v) is 4.50. The molecule has 1 aromatic carbocycles. The number of benzene rings is 1. The van der Waals surface area contributed by atoms with E-state index in [1.807, 2.05) is 13.8 Å². The van der Waals surface area contributed by atoms with Crippen molar-refractivity contribution < 1.29 is 9.66 Å². The molecule has 0 aliphatic heterocycles. The largest absolute Gasteiger partial charge is 0.432 e. The van der Waals surface area contributed by atoms with Crippen molar-refractivity contribution in [1.29, 1.82) is 0 Å². The Hall–Kier alpha value is -2.70. The molecule has 7 nitrogen and oxygen atoms in total. The first kappa shape index (κ1) is 14.7. The topological polar surface area (TPSA) is 90.2 Å². The number of anilines is 1. The minimum Gasteiger partial charge on any atom is -0.432 e. The van der Waals surface area contributed by atoms with Crippen LogP contribution in [-0.4, -0.2) is 21.4 Å². The van der Waals surface area contributed by atoms with Crippen molar-refractivity contribution >= 4 is 11.5 Å². The lowest BCUT2D eigenvalue weighted by atomic mass is 10.2. The molecular weight excluding hydrogens is 272 g/mol. The highest BCUT2D eigenvalue weighted by atomic mass is 16.6. The minimum absolute atomic E-state index is 0.0951. The van der Waals surface area contributed by atoms with Gasteiger partial charge in [0.15, 0.2) is 0 Å². The lowest BCUT2D eigenvalue weighted by Gasteiger charge is -2.08. The maximum absolute atomic E-state index is 11.0. The Morgan fingerprint density at radius 3 is 2.86 bits per heavy atom. The van der Waals surface area contributed by atoms with Crippen molar-refractivity contribution in [2.24, 2.45) is 0 Å². The monoisotopic (exact) mass is 288 g/mol. The van der Waals surface area contributed by atoms with E-state index in [9.17, 15) is 10.1 Å². The predicted octanol–water partition coefficient (Wildman–Crippen LogP) is 3.31. The maximum Gasteiger partial charge on any atom is 0.311 e. The van der Waals surface area contributed by atoms with E-state index < -0.39 is 4.92 Å². The Morgan fingerprint density at radius 2 is 2.14 bits per heavy atom. The smallest absolute Gasteiger partial charge is 0.311 e. The summed E-state index contributed by atoms with van der Waals surface area (Å²) in [5, 5.41) is 14.1. The predicted molar refractivity (Wildman–Crippen MR) is 78.7 cm³/mol. The van der Waals surface area contributed by atoms with Crippen LogP contribution in [0.5, 0.6) is 11.6 Å². The molecule has 110 valence electrons. The number of rotatable bonds is 6. The molecule has 0 aliphatic rings. The van der Waals surface area contributed by atoms with Gasteiger partial charge in [-0.1, -0.05) is 13.0 Å². The molecule has 0 saturated carbocycles. The average molecular weight is 288 g/mol. The standard InChI is InChI=1S/C14H16N4O3/c1-3-6-15-13-8-14(17-9-16-13)21-12-7-10(2)4-5-11(12)18(19)20/h4-5,7-9H,3,6H2,1-2H3,(H,15,16,17). The van der Waals surface area contributed by atoms with Crippen LogP contribution in [0.4, 0.5) is 11.5 Å². The normalized spacial score (nSPS) is 10.2. The number of aromatic nitrogens is 2. The number of nitrogens with one attached hydrogen (secondary N) is 1. The van der Waals surface area contributed by atoms with Crippen molar-refractivity contribution in [3.05, 3.63) is 46.3 Å². The minimum atomic E-state index is -0.480. The fourth-order valence-corrected chi connectivity index (χ4v) is 1.71. The second kappa shape index (κ2) is 6.65. The van der Waals surface area contributed by atoms with Gasteiger partial charge in [-0.25, -0.2) is 9.97 Å². The Kier molecular flexibility index (Phi) is 4.65. The van der Waals surface area contributed by atoms with Crippen molar-refractivity contribution in [3.8, 4) is 11.6 Å². The number of aryl methyl sites for hydroxylation is 1. The number of ether oxygens (including phenoxy) is 1. The Labute approximate surface area is 122 Å². The van der Waals surface area contributed by atoms with Gasteiger partial charge in [0.2, 0.25) is 11.6 Å². The zero-order chi connectivity index (χ0) is 15.2. The highest BCUT2D eigenvalue weighted by Gasteiger charge is 2.16. The lowest BCUT2D eigenvalue weighted by molar-refractivity contribution is -0.385. The first-order valence-corrected chi connectivity index (χ1v) is 6.59. The molecule has 0 fully saturated rings. The van der Waals surface area contributed by atoms with Crippen molar-refractivity contribution in [2.75, 3.05) is 11.9 Å². The molecule has 0 spiro atoms.